The normalized spacial score (nSPS) is 10.8. The smallest absolute Gasteiger partial charge is 0.262 e. The minimum absolute atomic E-state index is 0.0743. The van der Waals surface area contributed by atoms with Crippen molar-refractivity contribution >= 4 is 34.3 Å². The van der Waals surface area contributed by atoms with Crippen molar-refractivity contribution in [1.29, 1.82) is 0 Å². The maximum Gasteiger partial charge on any atom is 0.262 e. The molecule has 4 rings (SSSR count). The van der Waals surface area contributed by atoms with Crippen molar-refractivity contribution in [2.75, 3.05) is 11.9 Å². The molecule has 0 unspecified atom stereocenters. The van der Waals surface area contributed by atoms with Gasteiger partial charge in [0.2, 0.25) is 5.89 Å². The first-order chi connectivity index (χ1) is 13.6. The molecule has 4 aromatic rings. The van der Waals surface area contributed by atoms with Crippen LogP contribution < -0.4 is 10.1 Å². The molecule has 140 valence electrons. The lowest BCUT2D eigenvalue weighted by molar-refractivity contribution is -0.118. The van der Waals surface area contributed by atoms with Crippen molar-refractivity contribution in [3.8, 4) is 17.2 Å². The maximum atomic E-state index is 12.2. The number of nitrogens with zero attached hydrogens (tertiary/aromatic N) is 1. The molecular formula is C22H17ClN2O3. The lowest BCUT2D eigenvalue weighted by atomic mass is 10.2. The van der Waals surface area contributed by atoms with Crippen molar-refractivity contribution in [1.82, 2.24) is 4.98 Å². The second-order valence-electron chi connectivity index (χ2n) is 6.37. The molecule has 0 spiro atoms. The second kappa shape index (κ2) is 7.74. The van der Waals surface area contributed by atoms with Crippen LogP contribution in [-0.2, 0) is 4.79 Å². The van der Waals surface area contributed by atoms with E-state index in [4.69, 9.17) is 20.8 Å². The van der Waals surface area contributed by atoms with Crippen LogP contribution in [0.2, 0.25) is 5.02 Å². The van der Waals surface area contributed by atoms with Crippen molar-refractivity contribution in [3.05, 3.63) is 77.3 Å². The third-order valence-electron chi connectivity index (χ3n) is 4.10. The number of rotatable bonds is 5. The molecule has 0 saturated heterocycles. The first-order valence-electron chi connectivity index (χ1n) is 8.73. The lowest BCUT2D eigenvalue weighted by Crippen LogP contribution is -2.20. The van der Waals surface area contributed by atoms with E-state index in [1.807, 2.05) is 43.3 Å². The summed E-state index contributed by atoms with van der Waals surface area (Å²) in [4.78, 5) is 16.7. The number of ether oxygens (including phenoxy) is 1. The number of carbonyl (C=O) groups excluding carboxylic acids is 1. The molecule has 0 radical (unpaired) electrons. The fourth-order valence-corrected chi connectivity index (χ4v) is 2.97. The number of nitrogens with one attached hydrogen (secondary N) is 1. The summed E-state index contributed by atoms with van der Waals surface area (Å²) in [6.45, 7) is 1.90. The number of fused-ring (bicyclic) bond motifs is 1. The van der Waals surface area contributed by atoms with Gasteiger partial charge >= 0.3 is 0 Å². The highest BCUT2D eigenvalue weighted by atomic mass is 35.5. The topological polar surface area (TPSA) is 64.4 Å². The number of amides is 1. The van der Waals surface area contributed by atoms with E-state index < -0.39 is 0 Å². The van der Waals surface area contributed by atoms with E-state index >= 15 is 0 Å². The molecule has 1 N–H and O–H groups in total. The summed E-state index contributed by atoms with van der Waals surface area (Å²) < 4.78 is 11.3. The van der Waals surface area contributed by atoms with Crippen LogP contribution in [0.25, 0.3) is 22.6 Å². The number of aromatic nitrogens is 1. The number of aryl methyl sites for hydroxylation is 1. The molecule has 3 aromatic carbocycles. The Bertz CT molecular complexity index is 1150. The number of hydrogen-bond acceptors (Lipinski definition) is 4. The van der Waals surface area contributed by atoms with Gasteiger partial charge < -0.3 is 14.5 Å². The first kappa shape index (κ1) is 18.1. The predicted octanol–water partition coefficient (Wildman–Crippen LogP) is 5.47. The van der Waals surface area contributed by atoms with Gasteiger partial charge in [-0.15, -0.1) is 0 Å². The molecule has 0 atom stereocenters. The molecule has 1 heterocycles. The number of carbonyl (C=O) groups is 1. The molecule has 0 fully saturated rings. The molecule has 28 heavy (non-hydrogen) atoms. The Balaban J connectivity index is 1.46. The van der Waals surface area contributed by atoms with Crippen molar-refractivity contribution in [3.63, 3.8) is 0 Å². The largest absolute Gasteiger partial charge is 0.484 e. The fraction of sp³-hybridized carbons (Fsp3) is 0.0909. The highest BCUT2D eigenvalue weighted by Gasteiger charge is 2.10. The van der Waals surface area contributed by atoms with E-state index in [1.165, 1.54) is 0 Å². The fourth-order valence-electron chi connectivity index (χ4n) is 2.81. The molecule has 1 aromatic heterocycles. The third kappa shape index (κ3) is 4.15. The Labute approximate surface area is 166 Å². The van der Waals surface area contributed by atoms with Crippen LogP contribution in [0.5, 0.6) is 5.75 Å². The number of benzene rings is 3. The number of hydrogen-bond donors (Lipinski definition) is 1. The van der Waals surface area contributed by atoms with Crippen LogP contribution in [0.3, 0.4) is 0 Å². The van der Waals surface area contributed by atoms with Gasteiger partial charge in [0.05, 0.1) is 0 Å². The van der Waals surface area contributed by atoms with Crippen LogP contribution in [-0.4, -0.2) is 17.5 Å². The molecule has 0 bridgehead atoms. The summed E-state index contributed by atoms with van der Waals surface area (Å²) >= 11 is 6.00. The Morgan fingerprint density at radius 2 is 1.96 bits per heavy atom. The summed E-state index contributed by atoms with van der Waals surface area (Å²) in [6, 6.07) is 20.1. The van der Waals surface area contributed by atoms with Gasteiger partial charge in [-0.25, -0.2) is 4.98 Å². The van der Waals surface area contributed by atoms with E-state index in [0.717, 1.165) is 11.1 Å². The Hall–Kier alpha value is -3.31. The van der Waals surface area contributed by atoms with Gasteiger partial charge in [-0.05, 0) is 61.0 Å². The van der Waals surface area contributed by atoms with Crippen LogP contribution >= 0.6 is 11.6 Å². The van der Waals surface area contributed by atoms with Crippen molar-refractivity contribution in [2.45, 2.75) is 6.92 Å². The van der Waals surface area contributed by atoms with Gasteiger partial charge in [-0.1, -0.05) is 29.8 Å². The van der Waals surface area contributed by atoms with Crippen molar-refractivity contribution in [2.24, 2.45) is 0 Å². The van der Waals surface area contributed by atoms with Gasteiger partial charge in [0.25, 0.3) is 5.91 Å². The number of halogens is 1. The zero-order chi connectivity index (χ0) is 19.5. The van der Waals surface area contributed by atoms with Gasteiger partial charge in [0, 0.05) is 16.3 Å². The predicted molar refractivity (Wildman–Crippen MR) is 110 cm³/mol. The number of anilines is 1. The zero-order valence-corrected chi connectivity index (χ0v) is 15.9. The van der Waals surface area contributed by atoms with E-state index in [9.17, 15) is 4.79 Å². The number of oxazole rings is 1. The molecule has 5 nitrogen and oxygen atoms in total. The Morgan fingerprint density at radius 3 is 2.82 bits per heavy atom. The summed E-state index contributed by atoms with van der Waals surface area (Å²) in [5.41, 5.74) is 3.80. The Morgan fingerprint density at radius 1 is 1.11 bits per heavy atom. The van der Waals surface area contributed by atoms with E-state index in [2.05, 4.69) is 10.3 Å². The highest BCUT2D eigenvalue weighted by Crippen LogP contribution is 2.27. The minimum Gasteiger partial charge on any atom is -0.484 e. The van der Waals surface area contributed by atoms with Gasteiger partial charge in [-0.2, -0.15) is 0 Å². The van der Waals surface area contributed by atoms with E-state index in [-0.39, 0.29) is 12.5 Å². The monoisotopic (exact) mass is 392 g/mol. The third-order valence-corrected chi connectivity index (χ3v) is 4.34. The summed E-state index contributed by atoms with van der Waals surface area (Å²) in [7, 11) is 0. The lowest BCUT2D eigenvalue weighted by Gasteiger charge is -2.08. The van der Waals surface area contributed by atoms with Gasteiger partial charge in [-0.3, -0.25) is 4.79 Å². The van der Waals surface area contributed by atoms with Crippen LogP contribution in [0.15, 0.2) is 71.1 Å². The van der Waals surface area contributed by atoms with Crippen LogP contribution in [0.1, 0.15) is 5.56 Å². The Kier molecular flexibility index (Phi) is 5.00. The average Bonchev–Trinajstić information content (AvgIpc) is 3.10. The average molecular weight is 393 g/mol. The second-order valence-corrected chi connectivity index (χ2v) is 6.80. The van der Waals surface area contributed by atoms with E-state index in [0.29, 0.717) is 33.4 Å². The summed E-state index contributed by atoms with van der Waals surface area (Å²) in [5.74, 6) is 0.876. The molecule has 6 heteroatoms. The molecule has 0 aliphatic rings. The standard InChI is InChI=1S/C22H17ClN2O3/c1-14-4-2-7-18(10-14)27-13-21(26)24-17-6-3-5-15(11-17)22-25-19-12-16(23)8-9-20(19)28-22/h2-12H,13H2,1H3,(H,24,26). The minimum atomic E-state index is -0.247. The first-order valence-corrected chi connectivity index (χ1v) is 9.10. The highest BCUT2D eigenvalue weighted by molar-refractivity contribution is 6.31. The van der Waals surface area contributed by atoms with E-state index in [1.54, 1.807) is 30.3 Å². The van der Waals surface area contributed by atoms with Crippen LogP contribution in [0, 0.1) is 6.92 Å². The molecule has 0 aliphatic carbocycles. The molecular weight excluding hydrogens is 376 g/mol. The van der Waals surface area contributed by atoms with Crippen molar-refractivity contribution < 1.29 is 13.9 Å². The van der Waals surface area contributed by atoms with Gasteiger partial charge in [0.15, 0.2) is 12.2 Å². The zero-order valence-electron chi connectivity index (χ0n) is 15.1. The molecule has 0 saturated carbocycles. The van der Waals surface area contributed by atoms with Gasteiger partial charge in [0.1, 0.15) is 11.3 Å². The maximum absolute atomic E-state index is 12.2. The SMILES string of the molecule is Cc1cccc(OCC(=O)Nc2cccc(-c3nc4cc(Cl)ccc4o3)c2)c1. The van der Waals surface area contributed by atoms with Crippen LogP contribution in [0.4, 0.5) is 5.69 Å². The molecule has 1 amide bonds. The quantitative estimate of drug-likeness (QED) is 0.488. The summed E-state index contributed by atoms with van der Waals surface area (Å²) in [5, 5.41) is 3.42. The molecule has 0 aliphatic heterocycles. The summed E-state index contributed by atoms with van der Waals surface area (Å²) in [6.07, 6.45) is 0.